The average Bonchev–Trinajstić information content (AvgIpc) is 2.83. The number of hydrogen-bond donors (Lipinski definition) is 2. The number of nitrogens with zero attached hydrogens (tertiary/aromatic N) is 2. The van der Waals surface area contributed by atoms with E-state index < -0.39 is 0 Å². The molecule has 2 aliphatic heterocycles. The van der Waals surface area contributed by atoms with E-state index in [-0.39, 0.29) is 31.0 Å². The molecule has 6 heteroatoms. The summed E-state index contributed by atoms with van der Waals surface area (Å²) in [5.41, 5.74) is 0. The van der Waals surface area contributed by atoms with Crippen molar-refractivity contribution in [3.8, 4) is 0 Å². The number of β-amino-alcohol motifs (C(OH)–C–C–N with tert-alkyl or cyclic N) is 1. The van der Waals surface area contributed by atoms with Crippen molar-refractivity contribution in [1.29, 1.82) is 0 Å². The van der Waals surface area contributed by atoms with E-state index in [1.54, 1.807) is 0 Å². The predicted molar refractivity (Wildman–Crippen MR) is 68.4 cm³/mol. The van der Waals surface area contributed by atoms with Crippen molar-refractivity contribution in [2.45, 2.75) is 18.9 Å². The zero-order valence-electron chi connectivity index (χ0n) is 10.1. The maximum Gasteiger partial charge on any atom is 0.239 e. The first kappa shape index (κ1) is 14.7. The Balaban J connectivity index is 0.00000144. The topological polar surface area (TPSA) is 55.8 Å². The van der Waals surface area contributed by atoms with Gasteiger partial charge in [0.2, 0.25) is 5.91 Å². The van der Waals surface area contributed by atoms with E-state index in [1.165, 1.54) is 0 Å². The Kier molecular flexibility index (Phi) is 6.19. The highest BCUT2D eigenvalue weighted by Gasteiger charge is 2.28. The third-order valence-corrected chi connectivity index (χ3v) is 3.46. The van der Waals surface area contributed by atoms with Gasteiger partial charge in [0.1, 0.15) is 0 Å². The molecule has 1 unspecified atom stereocenters. The summed E-state index contributed by atoms with van der Waals surface area (Å²) < 4.78 is 0. The summed E-state index contributed by atoms with van der Waals surface area (Å²) in [4.78, 5) is 16.2. The molecule has 100 valence electrons. The number of rotatable bonds is 3. The Morgan fingerprint density at radius 1 is 1.29 bits per heavy atom. The second-order valence-electron chi connectivity index (χ2n) is 4.54. The molecule has 2 rings (SSSR count). The first-order valence-corrected chi connectivity index (χ1v) is 6.16. The SMILES string of the molecule is Cl.O=C(C1CCCN1)N1CCN(CCO)CC1. The monoisotopic (exact) mass is 263 g/mol. The van der Waals surface area contributed by atoms with Crippen LogP contribution in [0.3, 0.4) is 0 Å². The molecule has 2 saturated heterocycles. The fourth-order valence-corrected chi connectivity index (χ4v) is 2.45. The lowest BCUT2D eigenvalue weighted by Gasteiger charge is -2.35. The van der Waals surface area contributed by atoms with Crippen LogP contribution < -0.4 is 5.32 Å². The third-order valence-electron chi connectivity index (χ3n) is 3.46. The van der Waals surface area contributed by atoms with Gasteiger partial charge < -0.3 is 15.3 Å². The highest BCUT2D eigenvalue weighted by molar-refractivity contribution is 5.85. The number of hydrogen-bond acceptors (Lipinski definition) is 4. The van der Waals surface area contributed by atoms with Gasteiger partial charge in [-0.3, -0.25) is 9.69 Å². The fraction of sp³-hybridized carbons (Fsp3) is 0.909. The van der Waals surface area contributed by atoms with Crippen LogP contribution in [0.5, 0.6) is 0 Å². The van der Waals surface area contributed by atoms with Gasteiger partial charge in [-0.25, -0.2) is 0 Å². The molecule has 2 heterocycles. The summed E-state index contributed by atoms with van der Waals surface area (Å²) in [5.74, 6) is 0.265. The number of carbonyl (C=O) groups is 1. The maximum absolute atomic E-state index is 12.1. The molecule has 0 bridgehead atoms. The van der Waals surface area contributed by atoms with Crippen LogP contribution in [0, 0.1) is 0 Å². The number of nitrogens with one attached hydrogen (secondary N) is 1. The molecule has 0 saturated carbocycles. The number of carbonyl (C=O) groups excluding carboxylic acids is 1. The highest BCUT2D eigenvalue weighted by Crippen LogP contribution is 2.10. The van der Waals surface area contributed by atoms with E-state index in [0.29, 0.717) is 0 Å². The lowest BCUT2D eigenvalue weighted by Crippen LogP contribution is -2.53. The summed E-state index contributed by atoms with van der Waals surface area (Å²) in [6, 6.07) is 0.0596. The molecule has 0 radical (unpaired) electrons. The summed E-state index contributed by atoms with van der Waals surface area (Å²) in [5, 5.41) is 12.1. The highest BCUT2D eigenvalue weighted by atomic mass is 35.5. The molecule has 1 atom stereocenters. The largest absolute Gasteiger partial charge is 0.395 e. The minimum Gasteiger partial charge on any atom is -0.395 e. The van der Waals surface area contributed by atoms with Crippen molar-refractivity contribution in [2.24, 2.45) is 0 Å². The van der Waals surface area contributed by atoms with Crippen LogP contribution in [0.15, 0.2) is 0 Å². The van der Waals surface area contributed by atoms with Crippen LogP contribution in [-0.4, -0.2) is 72.7 Å². The molecule has 2 N–H and O–H groups in total. The third kappa shape index (κ3) is 3.81. The van der Waals surface area contributed by atoms with Crippen molar-refractivity contribution in [3.05, 3.63) is 0 Å². The Labute approximate surface area is 109 Å². The van der Waals surface area contributed by atoms with Crippen LogP contribution in [0.2, 0.25) is 0 Å². The zero-order chi connectivity index (χ0) is 11.4. The van der Waals surface area contributed by atoms with Gasteiger partial charge in [-0.2, -0.15) is 0 Å². The van der Waals surface area contributed by atoms with Crippen molar-refractivity contribution >= 4 is 18.3 Å². The number of piperazine rings is 1. The Morgan fingerprint density at radius 3 is 2.53 bits per heavy atom. The molecule has 0 aromatic heterocycles. The Morgan fingerprint density at radius 2 is 2.00 bits per heavy atom. The van der Waals surface area contributed by atoms with Gasteiger partial charge in [0.25, 0.3) is 0 Å². The second-order valence-corrected chi connectivity index (χ2v) is 4.54. The van der Waals surface area contributed by atoms with E-state index in [9.17, 15) is 4.79 Å². The quantitative estimate of drug-likeness (QED) is 0.707. The molecule has 17 heavy (non-hydrogen) atoms. The Bertz CT molecular complexity index is 239. The molecule has 1 amide bonds. The van der Waals surface area contributed by atoms with Crippen molar-refractivity contribution in [3.63, 3.8) is 0 Å². The summed E-state index contributed by atoms with van der Waals surface area (Å²) in [7, 11) is 0. The van der Waals surface area contributed by atoms with Gasteiger partial charge in [-0.1, -0.05) is 0 Å². The summed E-state index contributed by atoms with van der Waals surface area (Å²) >= 11 is 0. The normalized spacial score (nSPS) is 25.7. The van der Waals surface area contributed by atoms with Crippen molar-refractivity contribution in [2.75, 3.05) is 45.9 Å². The second kappa shape index (κ2) is 7.16. The standard InChI is InChI=1S/C11H21N3O2.ClH/c15-9-8-13-4-6-14(7-5-13)11(16)10-2-1-3-12-10;/h10,12,15H,1-9H2;1H. The van der Waals surface area contributed by atoms with Gasteiger partial charge >= 0.3 is 0 Å². The summed E-state index contributed by atoms with van der Waals surface area (Å²) in [6.07, 6.45) is 2.09. The minimum atomic E-state index is 0. The molecule has 5 nitrogen and oxygen atoms in total. The van der Waals surface area contributed by atoms with Gasteiger partial charge in [0, 0.05) is 32.7 Å². The van der Waals surface area contributed by atoms with Crippen LogP contribution >= 0.6 is 12.4 Å². The molecular formula is C11H22ClN3O2. The lowest BCUT2D eigenvalue weighted by molar-refractivity contribution is -0.134. The minimum absolute atomic E-state index is 0. The Hall–Kier alpha value is -0.360. The van der Waals surface area contributed by atoms with Crippen molar-refractivity contribution < 1.29 is 9.90 Å². The van der Waals surface area contributed by atoms with Gasteiger partial charge in [-0.05, 0) is 19.4 Å². The van der Waals surface area contributed by atoms with Gasteiger partial charge in [0.15, 0.2) is 0 Å². The van der Waals surface area contributed by atoms with Crippen LogP contribution in [0.25, 0.3) is 0 Å². The molecule has 0 aromatic rings. The summed E-state index contributed by atoms with van der Waals surface area (Å²) in [6.45, 7) is 5.29. The fourth-order valence-electron chi connectivity index (χ4n) is 2.45. The molecule has 2 aliphatic rings. The van der Waals surface area contributed by atoms with Crippen LogP contribution in [-0.2, 0) is 4.79 Å². The average molecular weight is 264 g/mol. The number of halogens is 1. The van der Waals surface area contributed by atoms with Crippen molar-refractivity contribution in [1.82, 2.24) is 15.1 Å². The zero-order valence-corrected chi connectivity index (χ0v) is 10.9. The molecule has 0 aromatic carbocycles. The van der Waals surface area contributed by atoms with E-state index >= 15 is 0 Å². The molecular weight excluding hydrogens is 242 g/mol. The van der Waals surface area contributed by atoms with Crippen LogP contribution in [0.4, 0.5) is 0 Å². The first-order valence-electron chi connectivity index (χ1n) is 6.16. The van der Waals surface area contributed by atoms with Crippen LogP contribution in [0.1, 0.15) is 12.8 Å². The molecule has 0 aliphatic carbocycles. The smallest absolute Gasteiger partial charge is 0.239 e. The maximum atomic E-state index is 12.1. The number of amides is 1. The lowest BCUT2D eigenvalue weighted by atomic mass is 10.2. The molecule has 0 spiro atoms. The first-order chi connectivity index (χ1) is 7.81. The van der Waals surface area contributed by atoms with E-state index in [2.05, 4.69) is 10.2 Å². The number of aliphatic hydroxyl groups is 1. The predicted octanol–water partition coefficient (Wildman–Crippen LogP) is -0.703. The number of aliphatic hydroxyl groups excluding tert-OH is 1. The van der Waals surface area contributed by atoms with E-state index in [1.807, 2.05) is 4.90 Å². The van der Waals surface area contributed by atoms with E-state index in [4.69, 9.17) is 5.11 Å². The van der Waals surface area contributed by atoms with Gasteiger partial charge in [-0.15, -0.1) is 12.4 Å². The molecule has 2 fully saturated rings. The van der Waals surface area contributed by atoms with E-state index in [0.717, 1.165) is 52.1 Å². The van der Waals surface area contributed by atoms with Gasteiger partial charge in [0.05, 0.1) is 12.6 Å².